The third-order valence-corrected chi connectivity index (χ3v) is 7.06. The van der Waals surface area contributed by atoms with Crippen molar-refractivity contribution >= 4 is 19.5 Å². The Hall–Kier alpha value is -2.83. The van der Waals surface area contributed by atoms with Crippen LogP contribution in [0.2, 0.25) is 0 Å². The summed E-state index contributed by atoms with van der Waals surface area (Å²) in [5.74, 6) is -1.20. The minimum absolute atomic E-state index is 0.0750. The van der Waals surface area contributed by atoms with Crippen LogP contribution in [0, 0.1) is 5.92 Å². The molecule has 0 saturated carbocycles. The number of ether oxygens (including phenoxy) is 1. The van der Waals surface area contributed by atoms with Gasteiger partial charge in [0.2, 0.25) is 0 Å². The van der Waals surface area contributed by atoms with Gasteiger partial charge in [0.1, 0.15) is 29.8 Å². The number of anilines is 1. The van der Waals surface area contributed by atoms with Gasteiger partial charge in [-0.1, -0.05) is 25.2 Å². The molecule has 1 aliphatic heterocycles. The Morgan fingerprint density at radius 1 is 1.49 bits per heavy atom. The summed E-state index contributed by atoms with van der Waals surface area (Å²) < 4.78 is 46.1. The highest BCUT2D eigenvalue weighted by Gasteiger charge is 2.56. The number of carboxylic acids is 1. The fourth-order valence-electron chi connectivity index (χ4n) is 3.40. The van der Waals surface area contributed by atoms with E-state index in [9.17, 15) is 24.4 Å². The molecule has 2 aliphatic rings. The first-order valence-electron chi connectivity index (χ1n) is 10.7. The van der Waals surface area contributed by atoms with E-state index in [0.717, 1.165) is 11.5 Å². The van der Waals surface area contributed by atoms with E-state index in [4.69, 9.17) is 19.5 Å². The zero-order valence-corrected chi connectivity index (χ0v) is 20.2. The molecule has 1 saturated heterocycles. The van der Waals surface area contributed by atoms with E-state index in [1.807, 2.05) is 13.0 Å². The van der Waals surface area contributed by atoms with Crippen LogP contribution in [0.3, 0.4) is 0 Å². The molecule has 1 fully saturated rings. The van der Waals surface area contributed by atoms with Gasteiger partial charge in [-0.2, -0.15) is 10.1 Å². The average Bonchev–Trinajstić information content (AvgIpc) is 2.88. The highest BCUT2D eigenvalue weighted by atomic mass is 31.2. The smallest absolute Gasteiger partial charge is 0.459 e. The van der Waals surface area contributed by atoms with Crippen LogP contribution in [-0.4, -0.2) is 56.3 Å². The van der Waals surface area contributed by atoms with Crippen molar-refractivity contribution < 1.29 is 37.7 Å². The standard InChI is InChI=1S/C21H28FN4O8P/c1-12-5-4-6-14(8-7-12)34-35(31,25-13(2)18(28)29)32-11-15-17(27)21(3,22)19(33-15)26-10-9-16(23)24-20(26)30/h4-10,12-13,15,17,19,27H,11H2,1-3H3,(H,25,31)(H,28,29)(H2,23,24,30)/t12?,13?,15?,17?,19?,21-,35?/m1/s1. The van der Waals surface area contributed by atoms with Gasteiger partial charge in [0.15, 0.2) is 11.9 Å². The van der Waals surface area contributed by atoms with E-state index in [1.165, 1.54) is 25.3 Å². The lowest BCUT2D eigenvalue weighted by Gasteiger charge is -2.25. The van der Waals surface area contributed by atoms with Gasteiger partial charge in [-0.05, 0) is 38.0 Å². The van der Waals surface area contributed by atoms with Crippen LogP contribution >= 0.6 is 7.75 Å². The van der Waals surface area contributed by atoms with Gasteiger partial charge < -0.3 is 25.2 Å². The van der Waals surface area contributed by atoms with Gasteiger partial charge in [-0.15, -0.1) is 0 Å². The Labute approximate surface area is 200 Å². The van der Waals surface area contributed by atoms with Crippen LogP contribution in [0.1, 0.15) is 27.0 Å². The maximum Gasteiger partial charge on any atom is 0.459 e. The van der Waals surface area contributed by atoms with Gasteiger partial charge in [0.25, 0.3) is 0 Å². The molecule has 0 amide bonds. The van der Waals surface area contributed by atoms with Crippen molar-refractivity contribution in [2.45, 2.75) is 50.9 Å². The molecule has 0 spiro atoms. The average molecular weight is 514 g/mol. The first kappa shape index (κ1) is 26.8. The number of carboxylic acid groups (broad SMARTS) is 1. The molecule has 0 radical (unpaired) electrons. The van der Waals surface area contributed by atoms with Crippen LogP contribution in [0.5, 0.6) is 0 Å². The van der Waals surface area contributed by atoms with E-state index in [-0.39, 0.29) is 17.5 Å². The number of aliphatic hydroxyl groups excluding tert-OH is 1. The Morgan fingerprint density at radius 2 is 2.20 bits per heavy atom. The van der Waals surface area contributed by atoms with Gasteiger partial charge in [-0.3, -0.25) is 13.9 Å². The molecule has 0 bridgehead atoms. The molecule has 14 heteroatoms. The van der Waals surface area contributed by atoms with Gasteiger partial charge in [0.05, 0.1) is 6.61 Å². The van der Waals surface area contributed by atoms with E-state index < -0.39 is 56.2 Å². The van der Waals surface area contributed by atoms with Crippen molar-refractivity contribution in [2.75, 3.05) is 12.3 Å². The summed E-state index contributed by atoms with van der Waals surface area (Å²) in [4.78, 5) is 27.0. The number of hydrogen-bond donors (Lipinski definition) is 4. The highest BCUT2D eigenvalue weighted by molar-refractivity contribution is 7.51. The maximum atomic E-state index is 15.4. The second kappa shape index (κ2) is 10.4. The number of alkyl halides is 1. The zero-order valence-electron chi connectivity index (χ0n) is 19.3. The number of nitrogen functional groups attached to an aromatic ring is 1. The molecule has 1 aromatic heterocycles. The lowest BCUT2D eigenvalue weighted by atomic mass is 9.98. The molecule has 3 rings (SSSR count). The second-order valence-corrected chi connectivity index (χ2v) is 10.1. The number of nitrogens with zero attached hydrogens (tertiary/aromatic N) is 2. The van der Waals surface area contributed by atoms with Gasteiger partial charge in [-0.25, -0.2) is 13.8 Å². The summed E-state index contributed by atoms with van der Waals surface area (Å²) >= 11 is 0. The fraction of sp³-hybridized carbons (Fsp3) is 0.476. The van der Waals surface area contributed by atoms with E-state index in [1.54, 1.807) is 18.2 Å². The predicted octanol–water partition coefficient (Wildman–Crippen LogP) is 1.66. The molecule has 0 aromatic carbocycles. The molecule has 5 N–H and O–H groups in total. The third-order valence-electron chi connectivity index (χ3n) is 5.42. The van der Waals surface area contributed by atoms with Crippen LogP contribution < -0.4 is 16.5 Å². The van der Waals surface area contributed by atoms with E-state index in [2.05, 4.69) is 10.1 Å². The molecule has 12 nitrogen and oxygen atoms in total. The monoisotopic (exact) mass is 514 g/mol. The molecule has 35 heavy (non-hydrogen) atoms. The van der Waals surface area contributed by atoms with E-state index in [0.29, 0.717) is 0 Å². The molecule has 2 heterocycles. The van der Waals surface area contributed by atoms with Crippen LogP contribution in [0.15, 0.2) is 53.2 Å². The number of nitrogens with one attached hydrogen (secondary N) is 1. The van der Waals surface area contributed by atoms with Crippen molar-refractivity contribution in [3.63, 3.8) is 0 Å². The normalized spacial score (nSPS) is 30.8. The minimum atomic E-state index is -4.36. The maximum absolute atomic E-state index is 15.4. The van der Waals surface area contributed by atoms with Crippen molar-refractivity contribution in [1.29, 1.82) is 0 Å². The number of allylic oxidation sites excluding steroid dienone is 5. The first-order chi connectivity index (χ1) is 16.3. The molecule has 1 aliphatic carbocycles. The lowest BCUT2D eigenvalue weighted by molar-refractivity contribution is -0.138. The molecule has 6 unspecified atom stereocenters. The van der Waals surface area contributed by atoms with Crippen molar-refractivity contribution in [3.05, 3.63) is 58.9 Å². The number of nitrogens with two attached hydrogens (primary N) is 1. The number of carbonyl (C=O) groups is 1. The topological polar surface area (TPSA) is 175 Å². The quantitative estimate of drug-likeness (QED) is 0.353. The molecule has 7 atom stereocenters. The number of aromatic nitrogens is 2. The number of rotatable bonds is 9. The number of halogens is 1. The lowest BCUT2D eigenvalue weighted by Crippen LogP contribution is -2.43. The molecule has 192 valence electrons. The molecule has 1 aromatic rings. The van der Waals surface area contributed by atoms with Gasteiger partial charge >= 0.3 is 19.4 Å². The largest absolute Gasteiger partial charge is 0.480 e. The summed E-state index contributed by atoms with van der Waals surface area (Å²) in [5.41, 5.74) is 2.11. The first-order valence-corrected chi connectivity index (χ1v) is 12.3. The summed E-state index contributed by atoms with van der Waals surface area (Å²) in [6, 6.07) is -0.0711. The Bertz CT molecular complexity index is 1150. The van der Waals surface area contributed by atoms with Crippen molar-refractivity contribution in [1.82, 2.24) is 14.6 Å². The number of hydrogen-bond acceptors (Lipinski definition) is 9. The predicted molar refractivity (Wildman–Crippen MR) is 123 cm³/mol. The van der Waals surface area contributed by atoms with Crippen molar-refractivity contribution in [3.8, 4) is 0 Å². The SMILES string of the molecule is CC1C=CC=C(OP(=O)(NC(C)C(=O)O)OCC2OC(n3ccc(N)nc3=O)[C@](C)(F)C2O)C=C1. The Kier molecular flexibility index (Phi) is 7.97. The Balaban J connectivity index is 1.80. The summed E-state index contributed by atoms with van der Waals surface area (Å²) in [6.45, 7) is 3.52. The summed E-state index contributed by atoms with van der Waals surface area (Å²) in [7, 11) is -4.36. The summed E-state index contributed by atoms with van der Waals surface area (Å²) in [5, 5.41) is 22.1. The van der Waals surface area contributed by atoms with Gasteiger partial charge in [0, 0.05) is 6.20 Å². The van der Waals surface area contributed by atoms with Crippen LogP contribution in [-0.2, 0) is 23.1 Å². The molecular formula is C21H28FN4O8P. The fourth-order valence-corrected chi connectivity index (χ4v) is 4.91. The number of aliphatic hydroxyl groups is 1. The zero-order chi connectivity index (χ0) is 26.0. The highest BCUT2D eigenvalue weighted by Crippen LogP contribution is 2.49. The van der Waals surface area contributed by atoms with E-state index >= 15 is 4.39 Å². The second-order valence-electron chi connectivity index (χ2n) is 8.41. The summed E-state index contributed by atoms with van der Waals surface area (Å²) in [6.07, 6.45) is 4.74. The van der Waals surface area contributed by atoms with Crippen LogP contribution in [0.4, 0.5) is 10.2 Å². The Morgan fingerprint density at radius 3 is 2.86 bits per heavy atom. The minimum Gasteiger partial charge on any atom is -0.480 e. The van der Waals surface area contributed by atoms with Crippen molar-refractivity contribution in [2.24, 2.45) is 5.92 Å². The van der Waals surface area contributed by atoms with Crippen LogP contribution in [0.25, 0.3) is 0 Å². The third kappa shape index (κ3) is 6.24. The molecular weight excluding hydrogens is 486 g/mol. The number of aliphatic carboxylic acids is 1.